The van der Waals surface area contributed by atoms with Gasteiger partial charge in [-0.05, 0) is 12.1 Å². The standard InChI is InChI=1S/C29H23N3S16/c30-6-2-8-33-22-24(47-28(45-22)26-41-18-19(42-26)36-11-10-35-18)39-14-16-4-1-5-17(32-16)15-40-25-23(34-9-3-7-31)46-29(48-25)27-43-20-21(44-27)38-13-12-37-20/h1,4-5H,2-3,8-15H2. The van der Waals surface area contributed by atoms with Crippen molar-refractivity contribution in [2.45, 2.75) is 24.3 Å². The molecule has 1 aromatic heterocycles. The Morgan fingerprint density at radius 2 is 0.854 bits per heavy atom. The number of thioether (sulfide) groups is 16. The molecule has 7 rings (SSSR count). The van der Waals surface area contributed by atoms with Crippen molar-refractivity contribution in [1.29, 1.82) is 10.5 Å². The molecule has 48 heavy (non-hydrogen) atoms. The summed E-state index contributed by atoms with van der Waals surface area (Å²) in [7, 11) is 0. The van der Waals surface area contributed by atoms with Gasteiger partial charge in [-0.25, -0.2) is 0 Å². The second kappa shape index (κ2) is 19.7. The van der Waals surface area contributed by atoms with E-state index in [4.69, 9.17) is 15.5 Å². The fourth-order valence-electron chi connectivity index (χ4n) is 4.02. The van der Waals surface area contributed by atoms with E-state index in [1.54, 1.807) is 0 Å². The zero-order valence-corrected chi connectivity index (χ0v) is 37.7. The van der Waals surface area contributed by atoms with Gasteiger partial charge in [0, 0.05) is 58.9 Å². The van der Waals surface area contributed by atoms with E-state index in [-0.39, 0.29) is 0 Å². The molecule has 0 radical (unpaired) electrons. The van der Waals surface area contributed by atoms with E-state index in [2.05, 4.69) is 30.3 Å². The number of nitriles is 2. The van der Waals surface area contributed by atoms with Crippen LogP contribution in [-0.4, -0.2) is 39.5 Å². The maximum atomic E-state index is 9.15. The van der Waals surface area contributed by atoms with E-state index in [0.29, 0.717) is 12.8 Å². The van der Waals surface area contributed by atoms with Gasteiger partial charge in [0.05, 0.1) is 74.4 Å². The SMILES string of the molecule is N#CCCSC1=C(SCc2cccc(CSC3=C(SCCC#N)SC(=C4SC5=C(SCCS5)S4)S3)n2)SC(=C2SC3=C(SCCS3)S2)S1. The quantitative estimate of drug-likeness (QED) is 0.187. The highest BCUT2D eigenvalue weighted by atomic mass is 32.3. The fraction of sp³-hybridized carbons (Fsp3) is 0.345. The lowest BCUT2D eigenvalue weighted by Gasteiger charge is -2.08. The molecule has 0 saturated heterocycles. The third-order valence-corrected chi connectivity index (χ3v) is 29.8. The molecule has 0 unspecified atom stereocenters. The van der Waals surface area contributed by atoms with Crippen molar-refractivity contribution in [2.24, 2.45) is 0 Å². The average molecular weight is 927 g/mol. The minimum atomic E-state index is 0.566. The lowest BCUT2D eigenvalue weighted by atomic mass is 10.3. The van der Waals surface area contributed by atoms with E-state index in [1.165, 1.54) is 73.9 Å². The summed E-state index contributed by atoms with van der Waals surface area (Å²) in [6.07, 6.45) is 1.13. The summed E-state index contributed by atoms with van der Waals surface area (Å²) in [6.45, 7) is 0. The first kappa shape index (κ1) is 38.4. The third-order valence-electron chi connectivity index (χ3n) is 6.04. The van der Waals surface area contributed by atoms with Crippen LogP contribution in [0.4, 0.5) is 0 Å². The van der Waals surface area contributed by atoms with Gasteiger partial charge in [0.1, 0.15) is 0 Å². The van der Waals surface area contributed by atoms with Gasteiger partial charge in [-0.3, -0.25) is 4.98 Å². The van der Waals surface area contributed by atoms with Gasteiger partial charge < -0.3 is 0 Å². The predicted octanol–water partition coefficient (Wildman–Crippen LogP) is 14.5. The van der Waals surface area contributed by atoms with E-state index in [9.17, 15) is 0 Å². The average Bonchev–Trinajstić information content (AvgIpc) is 3.91. The summed E-state index contributed by atoms with van der Waals surface area (Å²) in [5.41, 5.74) is 2.21. The highest BCUT2D eigenvalue weighted by Gasteiger charge is 2.33. The Hall–Kier alpha value is 2.17. The Morgan fingerprint density at radius 3 is 1.23 bits per heavy atom. The highest BCUT2D eigenvalue weighted by Crippen LogP contribution is 2.68. The minimum Gasteiger partial charge on any atom is -0.256 e. The fourth-order valence-corrected chi connectivity index (χ4v) is 27.9. The van der Waals surface area contributed by atoms with Crippen LogP contribution in [0.3, 0.4) is 0 Å². The molecule has 6 aliphatic rings. The van der Waals surface area contributed by atoms with Crippen LogP contribution in [0.25, 0.3) is 0 Å². The molecule has 0 aliphatic carbocycles. The van der Waals surface area contributed by atoms with Crippen molar-refractivity contribution in [3.63, 3.8) is 0 Å². The number of nitrogens with zero attached hydrogens (tertiary/aromatic N) is 3. The second-order valence-electron chi connectivity index (χ2n) is 9.37. The molecule has 0 saturated carbocycles. The Morgan fingerprint density at radius 1 is 0.500 bits per heavy atom. The normalized spacial score (nSPS) is 21.1. The molecule has 0 N–H and O–H groups in total. The zero-order valence-electron chi connectivity index (χ0n) is 24.7. The van der Waals surface area contributed by atoms with Crippen molar-refractivity contribution in [3.05, 3.63) is 80.4 Å². The first-order chi connectivity index (χ1) is 23.7. The molecular formula is C29H23N3S16. The molecule has 7 heterocycles. The molecule has 0 bridgehead atoms. The largest absolute Gasteiger partial charge is 0.256 e. The van der Waals surface area contributed by atoms with Gasteiger partial charge in [-0.2, -0.15) is 10.5 Å². The number of pyridine rings is 1. The summed E-state index contributed by atoms with van der Waals surface area (Å²) in [6, 6.07) is 11.1. The van der Waals surface area contributed by atoms with Crippen molar-refractivity contribution < 1.29 is 0 Å². The summed E-state index contributed by atoms with van der Waals surface area (Å²) < 4.78 is 16.9. The molecule has 0 aromatic carbocycles. The van der Waals surface area contributed by atoms with Crippen LogP contribution >= 0.6 is 188 Å². The second-order valence-corrected chi connectivity index (χ2v) is 29.2. The lowest BCUT2D eigenvalue weighted by Crippen LogP contribution is -1.92. The molecule has 0 atom stereocenters. The summed E-state index contributed by atoms with van der Waals surface area (Å²) in [5, 5.41) is 18.3. The molecule has 1 aromatic rings. The van der Waals surface area contributed by atoms with Crippen LogP contribution < -0.4 is 0 Å². The molecule has 0 spiro atoms. The summed E-state index contributed by atoms with van der Waals surface area (Å²) in [4.78, 5) is 5.10. The van der Waals surface area contributed by atoms with Gasteiger partial charge >= 0.3 is 0 Å². The van der Waals surface area contributed by atoms with Crippen LogP contribution in [0.1, 0.15) is 24.2 Å². The molecule has 3 nitrogen and oxygen atoms in total. The van der Waals surface area contributed by atoms with Gasteiger partial charge in [0.25, 0.3) is 0 Å². The van der Waals surface area contributed by atoms with Crippen LogP contribution in [0.2, 0.25) is 0 Å². The Balaban J connectivity index is 0.984. The Bertz CT molecular complexity index is 1570. The number of rotatable bonds is 12. The topological polar surface area (TPSA) is 60.5 Å². The monoisotopic (exact) mass is 925 g/mol. The van der Waals surface area contributed by atoms with E-state index in [1.807, 2.05) is 188 Å². The zero-order chi connectivity index (χ0) is 32.7. The van der Waals surface area contributed by atoms with E-state index < -0.39 is 0 Å². The smallest absolute Gasteiger partial charge is 0.0717 e. The third kappa shape index (κ3) is 10.3. The molecule has 0 fully saturated rings. The van der Waals surface area contributed by atoms with Gasteiger partial charge in [-0.1, -0.05) is 100 Å². The molecule has 19 heteroatoms. The number of aromatic nitrogens is 1. The van der Waals surface area contributed by atoms with Crippen molar-refractivity contribution in [3.8, 4) is 12.1 Å². The van der Waals surface area contributed by atoms with Gasteiger partial charge in [-0.15, -0.1) is 94.1 Å². The Labute approximate surface area is 350 Å². The maximum absolute atomic E-state index is 9.15. The van der Waals surface area contributed by atoms with Crippen LogP contribution in [0.15, 0.2) is 69.0 Å². The summed E-state index contributed by atoms with van der Waals surface area (Å²) >= 11 is 30.9. The van der Waals surface area contributed by atoms with Crippen LogP contribution in [-0.2, 0) is 11.5 Å². The molecule has 0 amide bonds. The van der Waals surface area contributed by atoms with Crippen molar-refractivity contribution in [1.82, 2.24) is 4.98 Å². The van der Waals surface area contributed by atoms with Crippen molar-refractivity contribution in [2.75, 3.05) is 34.5 Å². The molecule has 6 aliphatic heterocycles. The van der Waals surface area contributed by atoms with Crippen LogP contribution in [0.5, 0.6) is 0 Å². The first-order valence-corrected chi connectivity index (χ1v) is 28.7. The first-order valence-electron chi connectivity index (χ1n) is 14.3. The van der Waals surface area contributed by atoms with E-state index >= 15 is 0 Å². The van der Waals surface area contributed by atoms with Gasteiger partial charge in [0.15, 0.2) is 0 Å². The predicted molar refractivity (Wildman–Crippen MR) is 245 cm³/mol. The van der Waals surface area contributed by atoms with Crippen LogP contribution in [0, 0.1) is 22.7 Å². The number of hydrogen-bond acceptors (Lipinski definition) is 19. The highest BCUT2D eigenvalue weighted by molar-refractivity contribution is 8.46. The minimum absolute atomic E-state index is 0.566. The number of hydrogen-bond donors (Lipinski definition) is 0. The lowest BCUT2D eigenvalue weighted by molar-refractivity contribution is 1.09. The van der Waals surface area contributed by atoms with E-state index in [0.717, 1.165) is 34.4 Å². The summed E-state index contributed by atoms with van der Waals surface area (Å²) in [5.74, 6) is 8.11. The maximum Gasteiger partial charge on any atom is 0.0717 e. The van der Waals surface area contributed by atoms with Crippen molar-refractivity contribution >= 4 is 188 Å². The molecule has 250 valence electrons. The van der Waals surface area contributed by atoms with Gasteiger partial charge in [0.2, 0.25) is 0 Å². The molecular weight excluding hydrogens is 903 g/mol. The Kier molecular flexibility index (Phi) is 15.7.